The van der Waals surface area contributed by atoms with Crippen LogP contribution in [0.3, 0.4) is 0 Å². The predicted molar refractivity (Wildman–Crippen MR) is 114 cm³/mol. The number of benzene rings is 1. The van der Waals surface area contributed by atoms with Gasteiger partial charge in [0, 0.05) is 5.56 Å². The van der Waals surface area contributed by atoms with E-state index in [1.54, 1.807) is 0 Å². The van der Waals surface area contributed by atoms with E-state index in [4.69, 9.17) is 27.8 Å². The fraction of sp³-hybridized carbons (Fsp3) is 0.0526. The Balaban J connectivity index is 1.87. The van der Waals surface area contributed by atoms with Crippen LogP contribution >= 0.6 is 34.5 Å². The Morgan fingerprint density at radius 1 is 1.06 bits per heavy atom. The van der Waals surface area contributed by atoms with Gasteiger partial charge < -0.3 is 0 Å². The number of halogens is 5. The molecule has 0 radical (unpaired) electrons. The highest BCUT2D eigenvalue weighted by molar-refractivity contribution is 7.88. The van der Waals surface area contributed by atoms with Gasteiger partial charge in [-0.1, -0.05) is 41.1 Å². The highest BCUT2D eigenvalue weighted by Crippen LogP contribution is 2.34. The van der Waals surface area contributed by atoms with Crippen molar-refractivity contribution in [3.8, 4) is 23.1 Å². The molecule has 0 atom stereocenters. The van der Waals surface area contributed by atoms with Crippen LogP contribution in [0, 0.1) is 11.8 Å². The van der Waals surface area contributed by atoms with Crippen molar-refractivity contribution >= 4 is 50.3 Å². The molecule has 4 rings (SSSR count). The van der Waals surface area contributed by atoms with Gasteiger partial charge in [0.25, 0.3) is 0 Å². The predicted octanol–water partition coefficient (Wildman–Crippen LogP) is 5.43. The van der Waals surface area contributed by atoms with E-state index in [2.05, 4.69) is 21.9 Å². The summed E-state index contributed by atoms with van der Waals surface area (Å²) in [6.45, 7) is 0. The fourth-order valence-electron chi connectivity index (χ4n) is 2.71. The molecule has 4 aromatic rings. The molecule has 0 aliphatic carbocycles. The zero-order chi connectivity index (χ0) is 23.3. The molecule has 0 amide bonds. The van der Waals surface area contributed by atoms with Gasteiger partial charge >= 0.3 is 16.3 Å². The molecule has 0 spiro atoms. The Morgan fingerprint density at radius 3 is 2.44 bits per heavy atom. The average Bonchev–Trinajstić information content (AvgIpc) is 3.33. The van der Waals surface area contributed by atoms with Crippen molar-refractivity contribution in [2.75, 3.05) is 0 Å². The molecule has 0 saturated carbocycles. The molecule has 13 heteroatoms. The Labute approximate surface area is 193 Å². The van der Waals surface area contributed by atoms with E-state index in [0.717, 1.165) is 12.3 Å². The lowest BCUT2D eigenvalue weighted by Gasteiger charge is -2.11. The molecule has 0 fully saturated rings. The average molecular weight is 518 g/mol. The van der Waals surface area contributed by atoms with E-state index in [9.17, 15) is 21.6 Å². The lowest BCUT2D eigenvalue weighted by molar-refractivity contribution is -0.142. The number of alkyl halides is 3. The summed E-state index contributed by atoms with van der Waals surface area (Å²) in [5.74, 6) is 5.30. The largest absolute Gasteiger partial charge is 0.433 e. The molecular formula is C19H8Cl2F3N3O3S2. The number of fused-ring (bicyclic) bond motifs is 1. The minimum Gasteiger partial charge on any atom is -0.281 e. The lowest BCUT2D eigenvalue weighted by atomic mass is 10.1. The van der Waals surface area contributed by atoms with Crippen molar-refractivity contribution < 1.29 is 26.1 Å². The third-order valence-corrected chi connectivity index (χ3v) is 7.19. The van der Waals surface area contributed by atoms with Gasteiger partial charge in [-0.15, -0.1) is 11.3 Å². The Morgan fingerprint density at radius 2 is 1.81 bits per heavy atom. The van der Waals surface area contributed by atoms with Crippen molar-refractivity contribution in [1.29, 1.82) is 0 Å². The summed E-state index contributed by atoms with van der Waals surface area (Å²) >= 11 is 12.6. The van der Waals surface area contributed by atoms with Gasteiger partial charge in [0.2, 0.25) is 0 Å². The maximum Gasteiger partial charge on any atom is 0.433 e. The topological polar surface area (TPSA) is 84.6 Å². The number of rotatable bonds is 2. The third kappa shape index (κ3) is 4.46. The molecule has 6 nitrogen and oxygen atoms in total. The number of thiophene rings is 1. The molecule has 3 aromatic heterocycles. The molecule has 1 N–H and O–H groups in total. The molecule has 0 saturated heterocycles. The van der Waals surface area contributed by atoms with E-state index in [-0.39, 0.29) is 36.0 Å². The summed E-state index contributed by atoms with van der Waals surface area (Å²) in [5.41, 5.74) is -0.846. The first-order valence-corrected chi connectivity index (χ1v) is 11.5. The van der Waals surface area contributed by atoms with Crippen LogP contribution < -0.4 is 0 Å². The SMILES string of the molecule is O=S(=O)(O)c1ccc(C#Cc2cnn3c(C(F)(F)F)cc(-c4ccc(Cl)c(Cl)c4)nc23)s1. The summed E-state index contributed by atoms with van der Waals surface area (Å²) in [6, 6.07) is 7.70. The standard InChI is InChI=1S/C19H8Cl2F3N3O3S2/c20-13-5-2-10(7-14(13)21)15-8-16(19(22,23)24)27-18(26-15)11(9-25-27)1-3-12-4-6-17(31-12)32(28,29)30/h2,4-9H,(H,28,29,30). The van der Waals surface area contributed by atoms with Crippen LogP contribution in [0.5, 0.6) is 0 Å². The molecule has 164 valence electrons. The maximum absolute atomic E-state index is 13.7. The number of aromatic nitrogens is 3. The highest BCUT2D eigenvalue weighted by Gasteiger charge is 2.35. The molecule has 0 bridgehead atoms. The van der Waals surface area contributed by atoms with Crippen LogP contribution in [0.25, 0.3) is 16.9 Å². The molecule has 1 aromatic carbocycles. The zero-order valence-electron chi connectivity index (χ0n) is 15.4. The van der Waals surface area contributed by atoms with Crippen LogP contribution in [-0.2, 0) is 16.3 Å². The minimum absolute atomic E-state index is 0.0169. The first-order valence-electron chi connectivity index (χ1n) is 8.44. The van der Waals surface area contributed by atoms with E-state index in [1.165, 1.54) is 30.3 Å². The second kappa shape index (κ2) is 8.06. The van der Waals surface area contributed by atoms with E-state index in [1.807, 2.05) is 0 Å². The van der Waals surface area contributed by atoms with Gasteiger partial charge in [-0.3, -0.25) is 4.55 Å². The van der Waals surface area contributed by atoms with Gasteiger partial charge in [-0.05, 0) is 30.3 Å². The summed E-state index contributed by atoms with van der Waals surface area (Å²) in [7, 11) is -4.38. The summed E-state index contributed by atoms with van der Waals surface area (Å²) in [6.07, 6.45) is -3.61. The van der Waals surface area contributed by atoms with Gasteiger partial charge in [0.05, 0.1) is 32.4 Å². The van der Waals surface area contributed by atoms with Gasteiger partial charge in [-0.25, -0.2) is 9.50 Å². The smallest absolute Gasteiger partial charge is 0.281 e. The summed E-state index contributed by atoms with van der Waals surface area (Å²) < 4.78 is 72.8. The van der Waals surface area contributed by atoms with Crippen molar-refractivity contribution in [3.63, 3.8) is 0 Å². The number of hydrogen-bond donors (Lipinski definition) is 1. The fourth-order valence-corrected chi connectivity index (χ4v) is 4.53. The minimum atomic E-state index is -4.74. The van der Waals surface area contributed by atoms with Crippen molar-refractivity contribution in [2.24, 2.45) is 0 Å². The van der Waals surface area contributed by atoms with Gasteiger partial charge in [-0.2, -0.15) is 26.7 Å². The van der Waals surface area contributed by atoms with Crippen LogP contribution in [0.1, 0.15) is 16.1 Å². The van der Waals surface area contributed by atoms with Crippen molar-refractivity contribution in [1.82, 2.24) is 14.6 Å². The van der Waals surface area contributed by atoms with E-state index >= 15 is 0 Å². The molecule has 0 unspecified atom stereocenters. The van der Waals surface area contributed by atoms with Crippen LogP contribution in [0.4, 0.5) is 13.2 Å². The summed E-state index contributed by atoms with van der Waals surface area (Å²) in [5, 5.41) is 4.15. The second-order valence-electron chi connectivity index (χ2n) is 6.29. The Kier molecular flexibility index (Phi) is 5.68. The lowest BCUT2D eigenvalue weighted by Crippen LogP contribution is -2.13. The first-order chi connectivity index (χ1) is 14.9. The monoisotopic (exact) mass is 517 g/mol. The second-order valence-corrected chi connectivity index (χ2v) is 9.84. The van der Waals surface area contributed by atoms with Crippen molar-refractivity contribution in [3.05, 3.63) is 68.8 Å². The van der Waals surface area contributed by atoms with E-state index in [0.29, 0.717) is 21.4 Å². The quantitative estimate of drug-likeness (QED) is 0.283. The van der Waals surface area contributed by atoms with Crippen molar-refractivity contribution in [2.45, 2.75) is 10.4 Å². The molecule has 0 aliphatic rings. The molecule has 32 heavy (non-hydrogen) atoms. The normalized spacial score (nSPS) is 12.1. The van der Waals surface area contributed by atoms with Gasteiger partial charge in [0.1, 0.15) is 4.21 Å². The molecule has 0 aliphatic heterocycles. The number of nitrogens with zero attached hydrogens (tertiary/aromatic N) is 3. The maximum atomic E-state index is 13.7. The van der Waals surface area contributed by atoms with Crippen LogP contribution in [0.2, 0.25) is 10.0 Å². The van der Waals surface area contributed by atoms with E-state index < -0.39 is 22.0 Å². The Bertz CT molecular complexity index is 1530. The highest BCUT2D eigenvalue weighted by atomic mass is 35.5. The van der Waals surface area contributed by atoms with Crippen LogP contribution in [-0.4, -0.2) is 27.6 Å². The Hall–Kier alpha value is -2.62. The molecule has 3 heterocycles. The van der Waals surface area contributed by atoms with Crippen LogP contribution in [0.15, 0.2) is 46.8 Å². The molecular weight excluding hydrogens is 510 g/mol. The summed E-state index contributed by atoms with van der Waals surface area (Å²) in [4.78, 5) is 4.54. The third-order valence-electron chi connectivity index (χ3n) is 4.13. The number of hydrogen-bond acceptors (Lipinski definition) is 5. The van der Waals surface area contributed by atoms with Gasteiger partial charge in [0.15, 0.2) is 11.3 Å². The first kappa shape index (κ1) is 22.6. The zero-order valence-corrected chi connectivity index (χ0v) is 18.5.